The molecule has 0 fully saturated rings. The van der Waals surface area contributed by atoms with Crippen LogP contribution in [-0.4, -0.2) is 30.9 Å². The van der Waals surface area contributed by atoms with Crippen molar-refractivity contribution in [3.8, 4) is 5.82 Å². The van der Waals surface area contributed by atoms with E-state index >= 15 is 0 Å². The van der Waals surface area contributed by atoms with Crippen molar-refractivity contribution in [3.05, 3.63) is 51.2 Å². The molecule has 1 unspecified atom stereocenters. The van der Waals surface area contributed by atoms with Crippen LogP contribution >= 0.6 is 11.6 Å². The third kappa shape index (κ3) is 3.80. The predicted molar refractivity (Wildman–Crippen MR) is 103 cm³/mol. The standard InChI is InChI=1S/C18H20ClN5O3/c1-9(2)7-11-8-14(23-22-11)24-16(10(3)20-18(26)27)21-13-6-4-5-12(19)15(13)17(24)25/h4-6,8-10,20H,7H2,1-3H3,(H,22,23)(H,26,27). The van der Waals surface area contributed by atoms with Crippen molar-refractivity contribution < 1.29 is 9.90 Å². The summed E-state index contributed by atoms with van der Waals surface area (Å²) in [6.07, 6.45) is -0.445. The number of amides is 1. The van der Waals surface area contributed by atoms with E-state index in [2.05, 4.69) is 34.3 Å². The first kappa shape index (κ1) is 18.9. The third-order valence-corrected chi connectivity index (χ3v) is 4.39. The molecule has 0 radical (unpaired) electrons. The number of carboxylic acid groups (broad SMARTS) is 1. The van der Waals surface area contributed by atoms with E-state index in [4.69, 9.17) is 16.7 Å². The van der Waals surface area contributed by atoms with Gasteiger partial charge in [0.15, 0.2) is 5.82 Å². The van der Waals surface area contributed by atoms with Gasteiger partial charge in [-0.25, -0.2) is 14.3 Å². The normalized spacial score (nSPS) is 12.5. The van der Waals surface area contributed by atoms with Crippen LogP contribution in [0.15, 0.2) is 29.1 Å². The zero-order valence-electron chi connectivity index (χ0n) is 15.2. The lowest BCUT2D eigenvalue weighted by atomic mass is 10.1. The molecule has 27 heavy (non-hydrogen) atoms. The summed E-state index contributed by atoms with van der Waals surface area (Å²) in [6, 6.07) is 6.01. The maximum Gasteiger partial charge on any atom is 0.405 e. The number of fused-ring (bicyclic) bond motifs is 1. The molecule has 1 amide bonds. The molecule has 0 aliphatic carbocycles. The lowest BCUT2D eigenvalue weighted by Gasteiger charge is -2.17. The highest BCUT2D eigenvalue weighted by atomic mass is 35.5. The molecule has 9 heteroatoms. The van der Waals surface area contributed by atoms with Crippen LogP contribution in [0, 0.1) is 5.92 Å². The lowest BCUT2D eigenvalue weighted by molar-refractivity contribution is 0.190. The lowest BCUT2D eigenvalue weighted by Crippen LogP contribution is -2.32. The molecule has 142 valence electrons. The monoisotopic (exact) mass is 389 g/mol. The highest BCUT2D eigenvalue weighted by molar-refractivity contribution is 6.35. The molecule has 1 atom stereocenters. The molecule has 0 saturated heterocycles. The van der Waals surface area contributed by atoms with Crippen molar-refractivity contribution in [1.82, 2.24) is 25.1 Å². The Balaban J connectivity index is 2.26. The SMILES string of the molecule is CC(C)Cc1cc(-n2c(C(C)NC(=O)O)nc3cccc(Cl)c3c2=O)n[nH]1. The molecule has 2 aromatic heterocycles. The maximum absolute atomic E-state index is 13.2. The summed E-state index contributed by atoms with van der Waals surface area (Å²) >= 11 is 6.22. The predicted octanol–water partition coefficient (Wildman–Crippen LogP) is 3.29. The highest BCUT2D eigenvalue weighted by Crippen LogP contribution is 2.22. The number of halogens is 1. The number of hydrogen-bond donors (Lipinski definition) is 3. The number of nitrogens with one attached hydrogen (secondary N) is 2. The van der Waals surface area contributed by atoms with Gasteiger partial charge < -0.3 is 10.4 Å². The Hall–Kier alpha value is -2.87. The van der Waals surface area contributed by atoms with E-state index in [1.54, 1.807) is 31.2 Å². The summed E-state index contributed by atoms with van der Waals surface area (Å²) in [5, 5.41) is 19.1. The highest BCUT2D eigenvalue weighted by Gasteiger charge is 2.22. The first-order chi connectivity index (χ1) is 12.8. The Morgan fingerprint density at radius 2 is 2.11 bits per heavy atom. The molecular weight excluding hydrogens is 370 g/mol. The quantitative estimate of drug-likeness (QED) is 0.619. The van der Waals surface area contributed by atoms with Gasteiger partial charge in [-0.1, -0.05) is 31.5 Å². The first-order valence-corrected chi connectivity index (χ1v) is 8.91. The van der Waals surface area contributed by atoms with Crippen molar-refractivity contribution in [1.29, 1.82) is 0 Å². The summed E-state index contributed by atoms with van der Waals surface area (Å²) in [5.74, 6) is 0.991. The number of rotatable bonds is 5. The van der Waals surface area contributed by atoms with Gasteiger partial charge in [-0.2, -0.15) is 5.10 Å². The van der Waals surface area contributed by atoms with Crippen LogP contribution in [0.5, 0.6) is 0 Å². The van der Waals surface area contributed by atoms with Crippen molar-refractivity contribution in [3.63, 3.8) is 0 Å². The minimum absolute atomic E-state index is 0.236. The van der Waals surface area contributed by atoms with Gasteiger partial charge in [-0.05, 0) is 31.4 Å². The van der Waals surface area contributed by atoms with Crippen LogP contribution in [0.3, 0.4) is 0 Å². The Bertz CT molecular complexity index is 1060. The molecule has 0 aliphatic rings. The Kier molecular flexibility index (Phi) is 5.18. The molecule has 3 N–H and O–H groups in total. The van der Waals surface area contributed by atoms with Crippen molar-refractivity contribution in [2.75, 3.05) is 0 Å². The van der Waals surface area contributed by atoms with E-state index in [9.17, 15) is 9.59 Å². The number of hydrogen-bond acceptors (Lipinski definition) is 4. The average molecular weight is 390 g/mol. The van der Waals surface area contributed by atoms with Gasteiger partial charge in [-0.15, -0.1) is 0 Å². The van der Waals surface area contributed by atoms with E-state index in [-0.39, 0.29) is 16.2 Å². The summed E-state index contributed by atoms with van der Waals surface area (Å²) in [4.78, 5) is 28.8. The Morgan fingerprint density at radius 3 is 2.78 bits per heavy atom. The van der Waals surface area contributed by atoms with Crippen molar-refractivity contribution in [2.24, 2.45) is 5.92 Å². The second-order valence-electron chi connectivity index (χ2n) is 6.77. The van der Waals surface area contributed by atoms with Gasteiger partial charge >= 0.3 is 6.09 Å². The van der Waals surface area contributed by atoms with Crippen molar-refractivity contribution in [2.45, 2.75) is 33.2 Å². The van der Waals surface area contributed by atoms with Crippen LogP contribution in [0.2, 0.25) is 5.02 Å². The minimum Gasteiger partial charge on any atom is -0.465 e. The van der Waals surface area contributed by atoms with Gasteiger partial charge in [0.05, 0.1) is 22.0 Å². The number of carbonyl (C=O) groups is 1. The van der Waals surface area contributed by atoms with Gasteiger partial charge in [0, 0.05) is 11.8 Å². The fourth-order valence-corrected chi connectivity index (χ4v) is 3.23. The Morgan fingerprint density at radius 1 is 1.37 bits per heavy atom. The van der Waals surface area contributed by atoms with Crippen LogP contribution in [0.1, 0.15) is 38.3 Å². The molecule has 3 rings (SSSR count). The van der Waals surface area contributed by atoms with Crippen LogP contribution in [0.4, 0.5) is 4.79 Å². The first-order valence-electron chi connectivity index (χ1n) is 8.53. The van der Waals surface area contributed by atoms with E-state index in [1.807, 2.05) is 0 Å². The van der Waals surface area contributed by atoms with Gasteiger partial charge in [0.1, 0.15) is 5.82 Å². The average Bonchev–Trinajstić information content (AvgIpc) is 3.01. The molecular formula is C18H20ClN5O3. The van der Waals surface area contributed by atoms with Gasteiger partial charge in [0.2, 0.25) is 0 Å². The minimum atomic E-state index is -1.21. The number of H-pyrrole nitrogens is 1. The zero-order valence-corrected chi connectivity index (χ0v) is 15.9. The van der Waals surface area contributed by atoms with E-state index in [1.165, 1.54) is 4.57 Å². The molecule has 0 spiro atoms. The van der Waals surface area contributed by atoms with Crippen LogP contribution in [-0.2, 0) is 6.42 Å². The van der Waals surface area contributed by atoms with Crippen LogP contribution in [0.25, 0.3) is 16.7 Å². The topological polar surface area (TPSA) is 113 Å². The van der Waals surface area contributed by atoms with Gasteiger partial charge in [0.25, 0.3) is 5.56 Å². The van der Waals surface area contributed by atoms with Gasteiger partial charge in [-0.3, -0.25) is 9.89 Å². The molecule has 2 heterocycles. The summed E-state index contributed by atoms with van der Waals surface area (Å²) < 4.78 is 1.30. The van der Waals surface area contributed by atoms with E-state index in [0.717, 1.165) is 12.1 Å². The number of aromatic nitrogens is 4. The molecule has 0 aliphatic heterocycles. The van der Waals surface area contributed by atoms with Crippen molar-refractivity contribution >= 4 is 28.6 Å². The fraction of sp³-hybridized carbons (Fsp3) is 0.333. The summed E-state index contributed by atoms with van der Waals surface area (Å²) in [7, 11) is 0. The maximum atomic E-state index is 13.2. The smallest absolute Gasteiger partial charge is 0.405 e. The molecule has 0 bridgehead atoms. The zero-order chi connectivity index (χ0) is 19.7. The summed E-state index contributed by atoms with van der Waals surface area (Å²) in [6.45, 7) is 5.77. The Labute approximate surface area is 160 Å². The number of nitrogens with zero attached hydrogens (tertiary/aromatic N) is 3. The number of benzene rings is 1. The molecule has 0 saturated carbocycles. The second kappa shape index (κ2) is 7.40. The van der Waals surface area contributed by atoms with E-state index in [0.29, 0.717) is 17.3 Å². The van der Waals surface area contributed by atoms with E-state index < -0.39 is 17.7 Å². The largest absolute Gasteiger partial charge is 0.465 e. The number of aromatic amines is 1. The second-order valence-corrected chi connectivity index (χ2v) is 7.17. The molecule has 3 aromatic rings. The molecule has 1 aromatic carbocycles. The van der Waals surface area contributed by atoms with Crippen LogP contribution < -0.4 is 10.9 Å². The summed E-state index contributed by atoms with van der Waals surface area (Å²) in [5.41, 5.74) is 0.869. The molecule has 8 nitrogen and oxygen atoms in total. The fourth-order valence-electron chi connectivity index (χ4n) is 2.98. The third-order valence-electron chi connectivity index (χ3n) is 4.07.